The van der Waals surface area contributed by atoms with Crippen LogP contribution in [-0.2, 0) is 9.53 Å². The van der Waals surface area contributed by atoms with Crippen molar-refractivity contribution >= 4 is 28.4 Å². The van der Waals surface area contributed by atoms with Crippen LogP contribution in [0.4, 0.5) is 0 Å². The molecule has 27 heavy (non-hydrogen) atoms. The van der Waals surface area contributed by atoms with Gasteiger partial charge in [-0.25, -0.2) is 0 Å². The molecule has 1 unspecified atom stereocenters. The van der Waals surface area contributed by atoms with E-state index in [-0.39, 0.29) is 11.9 Å². The average molecular weight is 386 g/mol. The highest BCUT2D eigenvalue weighted by Crippen LogP contribution is 2.32. The van der Waals surface area contributed by atoms with Crippen LogP contribution in [0.3, 0.4) is 0 Å². The molecule has 0 saturated heterocycles. The lowest BCUT2D eigenvalue weighted by atomic mass is 10.1. The molecule has 0 spiro atoms. The van der Waals surface area contributed by atoms with Crippen molar-refractivity contribution in [2.45, 2.75) is 25.8 Å². The summed E-state index contributed by atoms with van der Waals surface area (Å²) >= 11 is 6.23. The molecule has 2 aromatic carbocycles. The fraction of sp³-hybridized carbons (Fsp3) is 0.333. The van der Waals surface area contributed by atoms with Crippen LogP contribution in [0, 0.1) is 0 Å². The van der Waals surface area contributed by atoms with Crippen LogP contribution in [-0.4, -0.2) is 35.9 Å². The minimum atomic E-state index is -0.381. The maximum absolute atomic E-state index is 12.8. The molecular weight excluding hydrogens is 362 g/mol. The first kappa shape index (κ1) is 19.4. The first-order valence-electron chi connectivity index (χ1n) is 9.15. The van der Waals surface area contributed by atoms with Crippen LogP contribution in [0.5, 0.6) is 0 Å². The van der Waals surface area contributed by atoms with Crippen LogP contribution < -0.4 is 5.32 Å². The fourth-order valence-electron chi connectivity index (χ4n) is 3.18. The SMILES string of the molecule is CCC(C(=O)NCCCOC)n1nc(-c2ccccc2)c2cc(Cl)ccc21. The van der Waals surface area contributed by atoms with Gasteiger partial charge in [-0.2, -0.15) is 5.10 Å². The number of carbonyl (C=O) groups is 1. The Morgan fingerprint density at radius 2 is 2.04 bits per heavy atom. The highest BCUT2D eigenvalue weighted by Gasteiger charge is 2.23. The number of halogens is 1. The van der Waals surface area contributed by atoms with Gasteiger partial charge in [-0.05, 0) is 31.0 Å². The van der Waals surface area contributed by atoms with Crippen molar-refractivity contribution in [3.05, 3.63) is 53.6 Å². The number of nitrogens with zero attached hydrogens (tertiary/aromatic N) is 2. The number of rotatable bonds is 8. The normalized spacial score (nSPS) is 12.3. The fourth-order valence-corrected chi connectivity index (χ4v) is 3.35. The Morgan fingerprint density at radius 3 is 2.74 bits per heavy atom. The zero-order chi connectivity index (χ0) is 19.2. The molecule has 0 radical (unpaired) electrons. The molecule has 0 aliphatic heterocycles. The molecule has 0 fully saturated rings. The minimum absolute atomic E-state index is 0.0347. The second-order valence-electron chi connectivity index (χ2n) is 6.38. The molecule has 0 aliphatic carbocycles. The quantitative estimate of drug-likeness (QED) is 0.582. The number of hydrogen-bond donors (Lipinski definition) is 1. The van der Waals surface area contributed by atoms with Gasteiger partial charge in [-0.1, -0.05) is 48.9 Å². The van der Waals surface area contributed by atoms with Crippen molar-refractivity contribution in [3.8, 4) is 11.3 Å². The Labute approximate surface area is 164 Å². The number of hydrogen-bond acceptors (Lipinski definition) is 3. The van der Waals surface area contributed by atoms with Gasteiger partial charge in [0.15, 0.2) is 0 Å². The summed E-state index contributed by atoms with van der Waals surface area (Å²) in [5.74, 6) is -0.0347. The Kier molecular flexibility index (Phi) is 6.48. The molecule has 1 N–H and O–H groups in total. The van der Waals surface area contributed by atoms with E-state index in [1.54, 1.807) is 7.11 Å². The Morgan fingerprint density at radius 1 is 1.26 bits per heavy atom. The lowest BCUT2D eigenvalue weighted by Gasteiger charge is -2.16. The van der Waals surface area contributed by atoms with E-state index in [9.17, 15) is 4.79 Å². The number of aromatic nitrogens is 2. The van der Waals surface area contributed by atoms with Crippen LogP contribution in [0.1, 0.15) is 25.8 Å². The van der Waals surface area contributed by atoms with Crippen molar-refractivity contribution in [2.24, 2.45) is 0 Å². The molecule has 3 rings (SSSR count). The number of methoxy groups -OCH3 is 1. The zero-order valence-corrected chi connectivity index (χ0v) is 16.4. The van der Waals surface area contributed by atoms with E-state index in [0.717, 1.165) is 28.6 Å². The summed E-state index contributed by atoms with van der Waals surface area (Å²) in [6, 6.07) is 15.2. The predicted octanol–water partition coefficient (Wildman–Crippen LogP) is 4.46. The molecule has 5 nitrogen and oxygen atoms in total. The maximum Gasteiger partial charge on any atom is 0.244 e. The van der Waals surface area contributed by atoms with Gasteiger partial charge < -0.3 is 10.1 Å². The van der Waals surface area contributed by atoms with Crippen LogP contribution >= 0.6 is 11.6 Å². The van der Waals surface area contributed by atoms with Crippen molar-refractivity contribution < 1.29 is 9.53 Å². The van der Waals surface area contributed by atoms with Crippen molar-refractivity contribution in [1.29, 1.82) is 0 Å². The Bertz CT molecular complexity index is 908. The molecule has 1 heterocycles. The van der Waals surface area contributed by atoms with Gasteiger partial charge in [-0.15, -0.1) is 0 Å². The summed E-state index contributed by atoms with van der Waals surface area (Å²) in [6.07, 6.45) is 1.42. The van der Waals surface area contributed by atoms with E-state index in [1.807, 2.05) is 60.1 Å². The highest BCUT2D eigenvalue weighted by atomic mass is 35.5. The number of carbonyl (C=O) groups excluding carboxylic acids is 1. The van der Waals surface area contributed by atoms with Gasteiger partial charge in [0.05, 0.1) is 5.52 Å². The summed E-state index contributed by atoms with van der Waals surface area (Å²) < 4.78 is 6.85. The summed E-state index contributed by atoms with van der Waals surface area (Å²) in [5, 5.41) is 9.39. The summed E-state index contributed by atoms with van der Waals surface area (Å²) in [6.45, 7) is 3.20. The Hall–Kier alpha value is -2.37. The van der Waals surface area contributed by atoms with E-state index in [0.29, 0.717) is 24.6 Å². The lowest BCUT2D eigenvalue weighted by molar-refractivity contribution is -0.124. The predicted molar refractivity (Wildman–Crippen MR) is 109 cm³/mol. The van der Waals surface area contributed by atoms with Crippen molar-refractivity contribution in [1.82, 2.24) is 15.1 Å². The topological polar surface area (TPSA) is 56.1 Å². The summed E-state index contributed by atoms with van der Waals surface area (Å²) in [7, 11) is 1.66. The number of nitrogens with one attached hydrogen (secondary N) is 1. The smallest absolute Gasteiger partial charge is 0.244 e. The first-order chi connectivity index (χ1) is 13.2. The van der Waals surface area contributed by atoms with Crippen LogP contribution in [0.2, 0.25) is 5.02 Å². The lowest BCUT2D eigenvalue weighted by Crippen LogP contribution is -2.33. The van der Waals surface area contributed by atoms with Gasteiger partial charge in [0, 0.05) is 36.2 Å². The molecule has 1 amide bonds. The van der Waals surface area contributed by atoms with E-state index < -0.39 is 0 Å². The second-order valence-corrected chi connectivity index (χ2v) is 6.82. The zero-order valence-electron chi connectivity index (χ0n) is 15.6. The largest absolute Gasteiger partial charge is 0.385 e. The first-order valence-corrected chi connectivity index (χ1v) is 9.53. The molecule has 1 aromatic heterocycles. The van der Waals surface area contributed by atoms with Gasteiger partial charge in [-0.3, -0.25) is 9.48 Å². The third-order valence-corrected chi connectivity index (χ3v) is 4.76. The summed E-state index contributed by atoms with van der Waals surface area (Å²) in [4.78, 5) is 12.8. The molecule has 0 aliphatic rings. The van der Waals surface area contributed by atoms with E-state index in [1.165, 1.54) is 0 Å². The number of ether oxygens (including phenoxy) is 1. The average Bonchev–Trinajstić information content (AvgIpc) is 3.05. The molecule has 6 heteroatoms. The van der Waals surface area contributed by atoms with E-state index in [2.05, 4.69) is 5.32 Å². The molecular formula is C21H24ClN3O2. The third kappa shape index (κ3) is 4.31. The highest BCUT2D eigenvalue weighted by molar-refractivity contribution is 6.31. The third-order valence-electron chi connectivity index (χ3n) is 4.52. The van der Waals surface area contributed by atoms with E-state index >= 15 is 0 Å². The Balaban J connectivity index is 1.99. The summed E-state index contributed by atoms with van der Waals surface area (Å²) in [5.41, 5.74) is 2.73. The van der Waals surface area contributed by atoms with Crippen molar-refractivity contribution in [3.63, 3.8) is 0 Å². The van der Waals surface area contributed by atoms with Crippen LogP contribution in [0.25, 0.3) is 22.2 Å². The second kappa shape index (κ2) is 9.02. The van der Waals surface area contributed by atoms with Crippen LogP contribution in [0.15, 0.2) is 48.5 Å². The number of fused-ring (bicyclic) bond motifs is 1. The van der Waals surface area contributed by atoms with Gasteiger partial charge in [0.25, 0.3) is 0 Å². The minimum Gasteiger partial charge on any atom is -0.385 e. The van der Waals surface area contributed by atoms with Gasteiger partial charge in [0.2, 0.25) is 5.91 Å². The molecule has 142 valence electrons. The molecule has 3 aromatic rings. The van der Waals surface area contributed by atoms with Crippen molar-refractivity contribution in [2.75, 3.05) is 20.3 Å². The molecule has 0 saturated carbocycles. The molecule has 0 bridgehead atoms. The number of benzene rings is 2. The molecule has 1 atom stereocenters. The maximum atomic E-state index is 12.8. The van der Waals surface area contributed by atoms with E-state index in [4.69, 9.17) is 21.4 Å². The monoisotopic (exact) mass is 385 g/mol. The van der Waals surface area contributed by atoms with Gasteiger partial charge >= 0.3 is 0 Å². The standard InChI is InChI=1S/C21H24ClN3O2/c1-3-18(21(26)23-12-7-13-27-2)25-19-11-10-16(22)14-17(19)20(24-25)15-8-5-4-6-9-15/h4-6,8-11,14,18H,3,7,12-13H2,1-2H3,(H,23,26). The van der Waals surface area contributed by atoms with Gasteiger partial charge in [0.1, 0.15) is 11.7 Å². The number of amides is 1.